The summed E-state index contributed by atoms with van der Waals surface area (Å²) in [5.41, 5.74) is -0.0800. The second kappa shape index (κ2) is 10.2. The van der Waals surface area contributed by atoms with Crippen LogP contribution in [0, 0.1) is 0 Å². The maximum Gasteiger partial charge on any atom is 0.416 e. The van der Waals surface area contributed by atoms with Crippen molar-refractivity contribution in [2.45, 2.75) is 11.1 Å². The minimum absolute atomic E-state index is 0.0112. The fraction of sp³-hybridized carbons (Fsp3) is 0.240. The number of rotatable bonds is 6. The molecule has 1 aliphatic rings. The van der Waals surface area contributed by atoms with Crippen molar-refractivity contribution in [3.8, 4) is 0 Å². The van der Waals surface area contributed by atoms with Gasteiger partial charge in [0, 0.05) is 25.7 Å². The Kier molecular flexibility index (Phi) is 7.23. The molecule has 1 fully saturated rings. The van der Waals surface area contributed by atoms with E-state index in [0.717, 1.165) is 16.4 Å². The fourth-order valence-electron chi connectivity index (χ4n) is 3.82. The summed E-state index contributed by atoms with van der Waals surface area (Å²) in [6.07, 6.45) is -4.60. The number of sulfonamides is 1. The van der Waals surface area contributed by atoms with Crippen molar-refractivity contribution in [3.63, 3.8) is 0 Å². The molecule has 0 saturated carbocycles. The Bertz CT molecular complexity index is 1340. The highest BCUT2D eigenvalue weighted by molar-refractivity contribution is 7.92. The molecule has 0 spiro atoms. The quantitative estimate of drug-likeness (QED) is 0.514. The zero-order valence-electron chi connectivity index (χ0n) is 19.3. The Morgan fingerprint density at radius 1 is 0.972 bits per heavy atom. The molecule has 1 heterocycles. The van der Waals surface area contributed by atoms with Gasteiger partial charge in [0.1, 0.15) is 0 Å². The largest absolute Gasteiger partial charge is 0.416 e. The fourth-order valence-corrected chi connectivity index (χ4v) is 5.06. The molecule has 3 aromatic carbocycles. The highest BCUT2D eigenvalue weighted by Gasteiger charge is 2.32. The first kappa shape index (κ1) is 25.5. The van der Waals surface area contributed by atoms with Crippen molar-refractivity contribution in [2.24, 2.45) is 0 Å². The third-order valence-corrected chi connectivity index (χ3v) is 7.58. The summed E-state index contributed by atoms with van der Waals surface area (Å²) in [7, 11) is -2.59. The van der Waals surface area contributed by atoms with Gasteiger partial charge in [-0.15, -0.1) is 0 Å². The zero-order chi connectivity index (χ0) is 25.9. The number of ether oxygens (including phenoxy) is 1. The first-order valence-electron chi connectivity index (χ1n) is 11.1. The van der Waals surface area contributed by atoms with E-state index in [9.17, 15) is 26.4 Å². The van der Waals surface area contributed by atoms with Crippen LogP contribution in [0.1, 0.15) is 15.9 Å². The lowest BCUT2D eigenvalue weighted by atomic mass is 10.1. The van der Waals surface area contributed by atoms with Crippen LogP contribution < -0.4 is 14.5 Å². The van der Waals surface area contributed by atoms with Gasteiger partial charge in [-0.3, -0.25) is 9.10 Å². The van der Waals surface area contributed by atoms with E-state index in [1.54, 1.807) is 30.3 Å². The first-order chi connectivity index (χ1) is 17.1. The van der Waals surface area contributed by atoms with Crippen LogP contribution >= 0.6 is 0 Å². The highest BCUT2D eigenvalue weighted by Crippen LogP contribution is 2.36. The van der Waals surface area contributed by atoms with Crippen molar-refractivity contribution in [3.05, 3.63) is 83.9 Å². The summed E-state index contributed by atoms with van der Waals surface area (Å²) in [6.45, 7) is 1.72. The van der Waals surface area contributed by atoms with Crippen LogP contribution in [0.2, 0.25) is 0 Å². The highest BCUT2D eigenvalue weighted by atomic mass is 32.2. The van der Waals surface area contributed by atoms with Crippen molar-refractivity contribution in [1.29, 1.82) is 0 Å². The number of hydrogen-bond acceptors (Lipinski definition) is 5. The van der Waals surface area contributed by atoms with Gasteiger partial charge in [0.2, 0.25) is 0 Å². The van der Waals surface area contributed by atoms with E-state index in [4.69, 9.17) is 4.74 Å². The molecule has 1 N–H and O–H groups in total. The van der Waals surface area contributed by atoms with Gasteiger partial charge in [0.25, 0.3) is 15.9 Å². The summed E-state index contributed by atoms with van der Waals surface area (Å²) in [4.78, 5) is 14.8. The topological polar surface area (TPSA) is 79.0 Å². The lowest BCUT2D eigenvalue weighted by molar-refractivity contribution is -0.137. The first-order valence-corrected chi connectivity index (χ1v) is 12.5. The van der Waals surface area contributed by atoms with Crippen LogP contribution in [0.15, 0.2) is 77.7 Å². The Morgan fingerprint density at radius 2 is 1.67 bits per heavy atom. The number of para-hydroxylation sites is 1. The Hall–Kier alpha value is -3.57. The van der Waals surface area contributed by atoms with Crippen LogP contribution in [0.25, 0.3) is 0 Å². The molecule has 0 radical (unpaired) electrons. The van der Waals surface area contributed by atoms with Gasteiger partial charge in [-0.25, -0.2) is 8.42 Å². The molecule has 0 bridgehead atoms. The molecule has 190 valence electrons. The summed E-state index contributed by atoms with van der Waals surface area (Å²) in [6, 6.07) is 17.0. The van der Waals surface area contributed by atoms with E-state index in [0.29, 0.717) is 37.7 Å². The maximum absolute atomic E-state index is 13.4. The third-order valence-electron chi connectivity index (χ3n) is 5.80. The zero-order valence-corrected chi connectivity index (χ0v) is 20.1. The number of benzene rings is 3. The van der Waals surface area contributed by atoms with E-state index < -0.39 is 27.7 Å². The maximum atomic E-state index is 13.4. The van der Waals surface area contributed by atoms with E-state index in [1.807, 2.05) is 4.90 Å². The van der Waals surface area contributed by atoms with Crippen LogP contribution in [-0.4, -0.2) is 47.7 Å². The van der Waals surface area contributed by atoms with Gasteiger partial charge in [-0.05, 0) is 48.5 Å². The molecular weight excluding hydrogens is 495 g/mol. The van der Waals surface area contributed by atoms with Gasteiger partial charge in [0.15, 0.2) is 0 Å². The number of morpholine rings is 1. The molecule has 0 aliphatic carbocycles. The van der Waals surface area contributed by atoms with Crippen molar-refractivity contribution in [1.82, 2.24) is 0 Å². The number of alkyl halides is 3. The second-order valence-electron chi connectivity index (χ2n) is 8.12. The second-order valence-corrected chi connectivity index (χ2v) is 10.1. The molecule has 1 aliphatic heterocycles. The predicted molar refractivity (Wildman–Crippen MR) is 131 cm³/mol. The van der Waals surface area contributed by atoms with Gasteiger partial charge < -0.3 is 15.0 Å². The molecule has 11 heteroatoms. The molecule has 0 unspecified atom stereocenters. The summed E-state index contributed by atoms with van der Waals surface area (Å²) in [5, 5.41) is 2.55. The van der Waals surface area contributed by atoms with Crippen LogP contribution in [-0.2, 0) is 20.9 Å². The number of hydrogen-bond donors (Lipinski definition) is 1. The third kappa shape index (κ3) is 5.47. The smallest absolute Gasteiger partial charge is 0.378 e. The van der Waals surface area contributed by atoms with E-state index in [1.165, 1.54) is 37.4 Å². The van der Waals surface area contributed by atoms with E-state index in [-0.39, 0.29) is 16.1 Å². The minimum atomic E-state index is -4.60. The molecule has 36 heavy (non-hydrogen) atoms. The Balaban J connectivity index is 1.64. The molecule has 0 aromatic heterocycles. The predicted octanol–water partition coefficient (Wildman–Crippen LogP) is 4.62. The van der Waals surface area contributed by atoms with E-state index >= 15 is 0 Å². The SMILES string of the molecule is CN(c1ccccc1)S(=O)(=O)c1cccc(C(=O)Nc2cc(C(F)(F)F)ccc2N2CCOCC2)c1. The number of anilines is 3. The lowest BCUT2D eigenvalue weighted by Crippen LogP contribution is -2.36. The molecule has 1 saturated heterocycles. The molecule has 4 rings (SSSR count). The molecule has 0 atom stereocenters. The van der Waals surface area contributed by atoms with Gasteiger partial charge in [0.05, 0.1) is 40.7 Å². The van der Waals surface area contributed by atoms with Crippen molar-refractivity contribution >= 4 is 33.0 Å². The summed E-state index contributed by atoms with van der Waals surface area (Å²) >= 11 is 0. The number of nitrogens with one attached hydrogen (secondary N) is 1. The monoisotopic (exact) mass is 519 g/mol. The lowest BCUT2D eigenvalue weighted by Gasteiger charge is -2.31. The van der Waals surface area contributed by atoms with Crippen LogP contribution in [0.3, 0.4) is 0 Å². The molecular formula is C25H24F3N3O4S. The molecule has 1 amide bonds. The Morgan fingerprint density at radius 3 is 2.33 bits per heavy atom. The van der Waals surface area contributed by atoms with Gasteiger partial charge >= 0.3 is 6.18 Å². The summed E-state index contributed by atoms with van der Waals surface area (Å²) in [5.74, 6) is -0.733. The Labute approximate surface area is 207 Å². The van der Waals surface area contributed by atoms with Crippen molar-refractivity contribution < 1.29 is 31.1 Å². The normalized spacial score (nSPS) is 14.4. The average Bonchev–Trinajstić information content (AvgIpc) is 2.88. The van der Waals surface area contributed by atoms with E-state index in [2.05, 4.69) is 5.32 Å². The number of carbonyl (C=O) groups is 1. The summed E-state index contributed by atoms with van der Waals surface area (Å²) < 4.78 is 72.8. The number of carbonyl (C=O) groups excluding carboxylic acids is 1. The molecule has 3 aromatic rings. The van der Waals surface area contributed by atoms with Crippen LogP contribution in [0.5, 0.6) is 0 Å². The van der Waals surface area contributed by atoms with Crippen LogP contribution in [0.4, 0.5) is 30.2 Å². The number of amides is 1. The average molecular weight is 520 g/mol. The van der Waals surface area contributed by atoms with Gasteiger partial charge in [-0.1, -0.05) is 24.3 Å². The molecule has 7 nitrogen and oxygen atoms in total. The van der Waals surface area contributed by atoms with Gasteiger partial charge in [-0.2, -0.15) is 13.2 Å². The van der Waals surface area contributed by atoms with Crippen molar-refractivity contribution in [2.75, 3.05) is 47.9 Å². The minimum Gasteiger partial charge on any atom is -0.378 e. The number of halogens is 3. The number of nitrogens with zero attached hydrogens (tertiary/aromatic N) is 2. The standard InChI is InChI=1S/C25H24F3N3O4S/c1-30(20-7-3-2-4-8-20)36(33,34)21-9-5-6-18(16-21)24(32)29-22-17-19(25(26,27)28)10-11-23(22)31-12-14-35-15-13-31/h2-11,16-17H,12-15H2,1H3,(H,29,32).